The van der Waals surface area contributed by atoms with Gasteiger partial charge in [0, 0.05) is 36.2 Å². The summed E-state index contributed by atoms with van der Waals surface area (Å²) in [6.07, 6.45) is 4.94. The molecule has 7 nitrogen and oxygen atoms in total. The average molecular weight is 466 g/mol. The van der Waals surface area contributed by atoms with Crippen LogP contribution < -0.4 is 24.8 Å². The highest BCUT2D eigenvalue weighted by atomic mass is 19.1. The number of aromatic nitrogens is 1. The van der Waals surface area contributed by atoms with Gasteiger partial charge in [-0.15, -0.1) is 0 Å². The molecule has 1 fully saturated rings. The van der Waals surface area contributed by atoms with E-state index in [4.69, 9.17) is 14.2 Å². The van der Waals surface area contributed by atoms with Gasteiger partial charge in [0.15, 0.2) is 17.3 Å². The average Bonchev–Trinajstić information content (AvgIpc) is 2.88. The van der Waals surface area contributed by atoms with Crippen LogP contribution in [0.25, 0.3) is 10.9 Å². The zero-order valence-electron chi connectivity index (χ0n) is 19.1. The summed E-state index contributed by atoms with van der Waals surface area (Å²) < 4.78 is 30.8. The molecule has 2 aliphatic rings. The van der Waals surface area contributed by atoms with Gasteiger partial charge in [0.25, 0.3) is 0 Å². The van der Waals surface area contributed by atoms with E-state index < -0.39 is 5.82 Å². The fraction of sp³-hybridized carbons (Fsp3) is 0.385. The summed E-state index contributed by atoms with van der Waals surface area (Å²) >= 11 is 0. The first-order chi connectivity index (χ1) is 16.6. The molecule has 178 valence electrons. The van der Waals surface area contributed by atoms with Crippen LogP contribution in [0.2, 0.25) is 0 Å². The number of rotatable bonds is 6. The summed E-state index contributed by atoms with van der Waals surface area (Å²) in [5.74, 6) is 1.39. The Balaban J connectivity index is 1.16. The molecular weight excluding hydrogens is 437 g/mol. The first-order valence-electron chi connectivity index (χ1n) is 11.7. The van der Waals surface area contributed by atoms with Crippen molar-refractivity contribution in [2.75, 3.05) is 25.6 Å². The molecule has 0 radical (unpaired) electrons. The molecule has 5 rings (SSSR count). The van der Waals surface area contributed by atoms with Crippen LogP contribution in [-0.4, -0.2) is 37.3 Å². The molecule has 0 atom stereocenters. The van der Waals surface area contributed by atoms with Crippen molar-refractivity contribution in [3.63, 3.8) is 0 Å². The van der Waals surface area contributed by atoms with Crippen molar-refractivity contribution in [1.29, 1.82) is 0 Å². The summed E-state index contributed by atoms with van der Waals surface area (Å²) in [6.45, 7) is 1.91. The van der Waals surface area contributed by atoms with Gasteiger partial charge in [0.1, 0.15) is 24.5 Å². The summed E-state index contributed by atoms with van der Waals surface area (Å²) in [7, 11) is 1.48. The molecule has 0 unspecified atom stereocenters. The molecule has 2 heterocycles. The summed E-state index contributed by atoms with van der Waals surface area (Å²) in [6, 6.07) is 11.1. The second kappa shape index (κ2) is 9.85. The largest absolute Gasteiger partial charge is 0.497 e. The Kier molecular flexibility index (Phi) is 6.49. The van der Waals surface area contributed by atoms with Crippen molar-refractivity contribution in [2.45, 2.75) is 38.3 Å². The number of nitrogens with zero attached hydrogens (tertiary/aromatic N) is 1. The Morgan fingerprint density at radius 2 is 1.88 bits per heavy atom. The Bertz CT molecular complexity index is 1190. The Morgan fingerprint density at radius 1 is 1.09 bits per heavy atom. The minimum Gasteiger partial charge on any atom is -0.497 e. The van der Waals surface area contributed by atoms with Gasteiger partial charge in [-0.05, 0) is 55.5 Å². The van der Waals surface area contributed by atoms with Gasteiger partial charge in [-0.25, -0.2) is 4.39 Å². The van der Waals surface area contributed by atoms with Crippen molar-refractivity contribution in [3.8, 4) is 17.2 Å². The molecule has 1 amide bonds. The normalized spacial score (nSPS) is 19.6. The predicted octanol–water partition coefficient (Wildman–Crippen LogP) is 4.44. The Morgan fingerprint density at radius 3 is 2.68 bits per heavy atom. The molecule has 0 saturated heterocycles. The first kappa shape index (κ1) is 22.4. The maximum Gasteiger partial charge on any atom is 0.227 e. The minimum atomic E-state index is -0.477. The van der Waals surface area contributed by atoms with E-state index in [9.17, 15) is 9.18 Å². The zero-order valence-corrected chi connectivity index (χ0v) is 19.1. The van der Waals surface area contributed by atoms with E-state index in [2.05, 4.69) is 21.7 Å². The third-order valence-corrected chi connectivity index (χ3v) is 6.56. The highest BCUT2D eigenvalue weighted by Gasteiger charge is 2.27. The van der Waals surface area contributed by atoms with E-state index in [0.29, 0.717) is 36.1 Å². The van der Waals surface area contributed by atoms with Crippen LogP contribution in [0.4, 0.5) is 10.1 Å². The highest BCUT2D eigenvalue weighted by Crippen LogP contribution is 2.32. The third kappa shape index (κ3) is 4.77. The molecule has 1 saturated carbocycles. The number of pyridine rings is 1. The van der Waals surface area contributed by atoms with E-state index in [1.165, 1.54) is 19.4 Å². The van der Waals surface area contributed by atoms with Crippen LogP contribution in [0.15, 0.2) is 42.6 Å². The SMILES string of the molecule is COc1cc(F)c2nccc(NC(=O)[C@H]3CC[C@H](NCc4ccc5c(c4)OCCO5)CC3)c2c1. The number of hydrogen-bond acceptors (Lipinski definition) is 6. The number of amides is 1. The molecule has 2 aromatic carbocycles. The molecule has 1 aliphatic heterocycles. The second-order valence-electron chi connectivity index (χ2n) is 8.76. The van der Waals surface area contributed by atoms with Crippen LogP contribution >= 0.6 is 0 Å². The van der Waals surface area contributed by atoms with Gasteiger partial charge < -0.3 is 24.8 Å². The summed E-state index contributed by atoms with van der Waals surface area (Å²) in [5, 5.41) is 7.12. The van der Waals surface area contributed by atoms with E-state index in [1.54, 1.807) is 12.1 Å². The highest BCUT2D eigenvalue weighted by molar-refractivity contribution is 6.02. The van der Waals surface area contributed by atoms with Gasteiger partial charge in [0.05, 0.1) is 12.8 Å². The molecule has 0 spiro atoms. The molecule has 2 N–H and O–H groups in total. The third-order valence-electron chi connectivity index (χ3n) is 6.56. The lowest BCUT2D eigenvalue weighted by molar-refractivity contribution is -0.120. The maximum absolute atomic E-state index is 14.4. The molecule has 1 aromatic heterocycles. The van der Waals surface area contributed by atoms with Crippen molar-refractivity contribution in [3.05, 3.63) is 54.0 Å². The number of nitrogens with one attached hydrogen (secondary N) is 2. The monoisotopic (exact) mass is 465 g/mol. The summed E-state index contributed by atoms with van der Waals surface area (Å²) in [4.78, 5) is 17.1. The van der Waals surface area contributed by atoms with E-state index >= 15 is 0 Å². The molecular formula is C26H28FN3O4. The van der Waals surface area contributed by atoms with Crippen molar-refractivity contribution < 1.29 is 23.4 Å². The van der Waals surface area contributed by atoms with Crippen LogP contribution in [0.1, 0.15) is 31.2 Å². The van der Waals surface area contributed by atoms with E-state index in [0.717, 1.165) is 49.3 Å². The Hall–Kier alpha value is -3.39. The smallest absolute Gasteiger partial charge is 0.227 e. The predicted molar refractivity (Wildman–Crippen MR) is 127 cm³/mol. The van der Waals surface area contributed by atoms with E-state index in [-0.39, 0.29) is 17.3 Å². The standard InChI is InChI=1S/C26H28FN3O4/c1-32-19-13-20-22(8-9-28-25(20)21(27)14-19)30-26(31)17-3-5-18(6-4-17)29-15-16-2-7-23-24(12-16)34-11-10-33-23/h2,7-9,12-14,17-18,29H,3-6,10-11,15H2,1H3,(H,28,30,31)/t17-,18-. The van der Waals surface area contributed by atoms with Gasteiger partial charge >= 0.3 is 0 Å². The maximum atomic E-state index is 14.4. The van der Waals surface area contributed by atoms with Crippen molar-refractivity contribution in [2.24, 2.45) is 5.92 Å². The van der Waals surface area contributed by atoms with Crippen molar-refractivity contribution >= 4 is 22.5 Å². The van der Waals surface area contributed by atoms with Gasteiger partial charge in [-0.3, -0.25) is 9.78 Å². The number of benzene rings is 2. The molecule has 1 aliphatic carbocycles. The molecule has 3 aromatic rings. The number of methoxy groups -OCH3 is 1. The van der Waals surface area contributed by atoms with Gasteiger partial charge in [-0.2, -0.15) is 0 Å². The number of carbonyl (C=O) groups is 1. The zero-order chi connectivity index (χ0) is 23.5. The minimum absolute atomic E-state index is 0.0407. The Labute approximate surface area is 197 Å². The number of anilines is 1. The van der Waals surface area contributed by atoms with Crippen molar-refractivity contribution in [1.82, 2.24) is 10.3 Å². The van der Waals surface area contributed by atoms with Crippen LogP contribution in [0.3, 0.4) is 0 Å². The quantitative estimate of drug-likeness (QED) is 0.560. The molecule has 0 bridgehead atoms. The molecule has 8 heteroatoms. The topological polar surface area (TPSA) is 81.7 Å². The van der Waals surface area contributed by atoms with Gasteiger partial charge in [0.2, 0.25) is 5.91 Å². The summed E-state index contributed by atoms with van der Waals surface area (Å²) in [5.41, 5.74) is 1.91. The lowest BCUT2D eigenvalue weighted by atomic mass is 9.85. The number of carbonyl (C=O) groups excluding carboxylic acids is 1. The number of hydrogen-bond donors (Lipinski definition) is 2. The van der Waals surface area contributed by atoms with Crippen LogP contribution in [0.5, 0.6) is 17.2 Å². The number of ether oxygens (including phenoxy) is 3. The number of fused-ring (bicyclic) bond motifs is 2. The fourth-order valence-corrected chi connectivity index (χ4v) is 4.67. The van der Waals surface area contributed by atoms with Crippen LogP contribution in [-0.2, 0) is 11.3 Å². The first-order valence-corrected chi connectivity index (χ1v) is 11.7. The number of halogens is 1. The molecule has 34 heavy (non-hydrogen) atoms. The van der Waals surface area contributed by atoms with E-state index in [1.807, 2.05) is 12.1 Å². The lowest BCUT2D eigenvalue weighted by Crippen LogP contribution is -2.36. The fourth-order valence-electron chi connectivity index (χ4n) is 4.67. The lowest BCUT2D eigenvalue weighted by Gasteiger charge is -2.29. The van der Waals surface area contributed by atoms with Crippen LogP contribution in [0, 0.1) is 11.7 Å². The van der Waals surface area contributed by atoms with Gasteiger partial charge in [-0.1, -0.05) is 6.07 Å². The second-order valence-corrected chi connectivity index (χ2v) is 8.76.